The van der Waals surface area contributed by atoms with Crippen LogP contribution in [-0.2, 0) is 6.54 Å². The number of nitrogens with zero attached hydrogens (tertiary/aromatic N) is 1. The van der Waals surface area contributed by atoms with Gasteiger partial charge in [-0.2, -0.15) is 0 Å². The van der Waals surface area contributed by atoms with Crippen molar-refractivity contribution in [1.29, 1.82) is 0 Å². The third-order valence-electron chi connectivity index (χ3n) is 5.64. The van der Waals surface area contributed by atoms with Gasteiger partial charge in [0.25, 0.3) is 11.8 Å². The van der Waals surface area contributed by atoms with Crippen LogP contribution < -0.4 is 15.5 Å². The van der Waals surface area contributed by atoms with Gasteiger partial charge in [-0.1, -0.05) is 59.6 Å². The predicted octanol–water partition coefficient (Wildman–Crippen LogP) is 7.15. The van der Waals surface area contributed by atoms with Gasteiger partial charge in [-0.05, 0) is 60.2 Å². The smallest absolute Gasteiger partial charge is 0.262 e. The minimum atomic E-state index is -0.381. The molecule has 1 aliphatic rings. The minimum Gasteiger partial charge on any atom is -0.379 e. The van der Waals surface area contributed by atoms with E-state index < -0.39 is 0 Å². The Hall–Kier alpha value is -3.80. The number of fused-ring (bicyclic) bond motifs is 2. The Morgan fingerprint density at radius 3 is 2.29 bits per heavy atom. The number of hydrogen-bond donors (Lipinski definition) is 2. The summed E-state index contributed by atoms with van der Waals surface area (Å²) in [7, 11) is 0. The van der Waals surface area contributed by atoms with E-state index in [1.807, 2.05) is 48.5 Å². The second-order valence-electron chi connectivity index (χ2n) is 7.77. The van der Waals surface area contributed by atoms with Crippen molar-refractivity contribution in [3.8, 4) is 0 Å². The number of halogens is 2. The first-order valence-corrected chi connectivity index (χ1v) is 11.4. The van der Waals surface area contributed by atoms with E-state index in [1.54, 1.807) is 47.4 Å². The quantitative estimate of drug-likeness (QED) is 0.322. The average molecular weight is 488 g/mol. The van der Waals surface area contributed by atoms with Crippen LogP contribution in [0.5, 0.6) is 0 Å². The number of benzene rings is 4. The van der Waals surface area contributed by atoms with Crippen molar-refractivity contribution in [2.75, 3.05) is 15.5 Å². The molecule has 0 aliphatic carbocycles. The molecule has 168 valence electrons. The fourth-order valence-electron chi connectivity index (χ4n) is 3.94. The normalized spacial score (nSPS) is 12.1. The molecule has 0 fully saturated rings. The first kappa shape index (κ1) is 22.0. The van der Waals surface area contributed by atoms with Crippen LogP contribution in [0.25, 0.3) is 0 Å². The Kier molecular flexibility index (Phi) is 5.97. The summed E-state index contributed by atoms with van der Waals surface area (Å²) in [6, 6.07) is 27.2. The molecule has 0 saturated carbocycles. The van der Waals surface area contributed by atoms with Gasteiger partial charge >= 0.3 is 0 Å². The van der Waals surface area contributed by atoms with Gasteiger partial charge < -0.3 is 10.6 Å². The van der Waals surface area contributed by atoms with E-state index in [4.69, 9.17) is 23.2 Å². The van der Waals surface area contributed by atoms with Gasteiger partial charge in [-0.25, -0.2) is 0 Å². The molecule has 4 aromatic rings. The predicted molar refractivity (Wildman–Crippen MR) is 138 cm³/mol. The summed E-state index contributed by atoms with van der Waals surface area (Å²) in [5.41, 5.74) is 4.83. The molecule has 0 atom stereocenters. The maximum absolute atomic E-state index is 13.7. The van der Waals surface area contributed by atoms with E-state index in [0.717, 1.165) is 22.6 Å². The zero-order chi connectivity index (χ0) is 23.7. The summed E-state index contributed by atoms with van der Waals surface area (Å²) in [5.74, 6) is -0.549. The highest BCUT2D eigenvalue weighted by Crippen LogP contribution is 2.38. The van der Waals surface area contributed by atoms with Gasteiger partial charge in [-0.15, -0.1) is 0 Å². The molecular weight excluding hydrogens is 469 g/mol. The van der Waals surface area contributed by atoms with Gasteiger partial charge in [-0.3, -0.25) is 14.5 Å². The Bertz CT molecular complexity index is 1360. The van der Waals surface area contributed by atoms with E-state index in [9.17, 15) is 9.59 Å². The number of carbonyl (C=O) groups excluding carboxylic acids is 2. The molecule has 4 aromatic carbocycles. The molecule has 2 N–H and O–H groups in total. The Morgan fingerprint density at radius 1 is 0.794 bits per heavy atom. The lowest BCUT2D eigenvalue weighted by Crippen LogP contribution is -2.26. The van der Waals surface area contributed by atoms with Crippen LogP contribution in [0.3, 0.4) is 0 Å². The Balaban J connectivity index is 1.44. The summed E-state index contributed by atoms with van der Waals surface area (Å²) in [6.07, 6.45) is 0. The molecule has 1 aliphatic heterocycles. The van der Waals surface area contributed by atoms with Gasteiger partial charge in [0.1, 0.15) is 0 Å². The first-order chi connectivity index (χ1) is 16.5. The Labute approximate surface area is 206 Å². The summed E-state index contributed by atoms with van der Waals surface area (Å²) in [6.45, 7) is 0.619. The summed E-state index contributed by atoms with van der Waals surface area (Å²) < 4.78 is 0. The maximum Gasteiger partial charge on any atom is 0.262 e. The molecule has 0 spiro atoms. The van der Waals surface area contributed by atoms with Crippen LogP contribution >= 0.6 is 23.2 Å². The molecule has 0 radical (unpaired) electrons. The number of carbonyl (C=O) groups is 2. The highest BCUT2D eigenvalue weighted by molar-refractivity contribution is 6.44. The van der Waals surface area contributed by atoms with Crippen molar-refractivity contribution < 1.29 is 9.59 Å². The van der Waals surface area contributed by atoms with Crippen molar-refractivity contribution in [3.63, 3.8) is 0 Å². The second-order valence-corrected chi connectivity index (χ2v) is 8.56. The highest BCUT2D eigenvalue weighted by atomic mass is 35.5. The number of anilines is 4. The fraction of sp³-hybridized carbons (Fsp3) is 0.0370. The van der Waals surface area contributed by atoms with Gasteiger partial charge in [0.2, 0.25) is 0 Å². The van der Waals surface area contributed by atoms with Crippen molar-refractivity contribution in [2.45, 2.75) is 6.54 Å². The largest absolute Gasteiger partial charge is 0.379 e. The average Bonchev–Trinajstić information content (AvgIpc) is 3.02. The number of para-hydroxylation sites is 3. The Morgan fingerprint density at radius 2 is 1.50 bits per heavy atom. The number of amides is 2. The summed E-state index contributed by atoms with van der Waals surface area (Å²) in [5, 5.41) is 6.71. The molecular formula is C27H19Cl2N3O2. The molecule has 0 bridgehead atoms. The monoisotopic (exact) mass is 487 g/mol. The lowest BCUT2D eigenvalue weighted by Gasteiger charge is -2.24. The van der Waals surface area contributed by atoms with Crippen LogP contribution in [0, 0.1) is 0 Å². The molecule has 0 saturated heterocycles. The fourth-order valence-corrected chi connectivity index (χ4v) is 4.32. The number of nitrogens with one attached hydrogen (secondary N) is 2. The number of rotatable bonds is 3. The van der Waals surface area contributed by atoms with Gasteiger partial charge in [0, 0.05) is 17.8 Å². The van der Waals surface area contributed by atoms with Crippen molar-refractivity contribution in [1.82, 2.24) is 0 Å². The minimum absolute atomic E-state index is 0.167. The summed E-state index contributed by atoms with van der Waals surface area (Å²) in [4.78, 5) is 28.0. The lowest BCUT2D eigenvalue weighted by atomic mass is 10.1. The van der Waals surface area contributed by atoms with E-state index >= 15 is 0 Å². The number of hydrogen-bond acceptors (Lipinski definition) is 3. The molecule has 0 aromatic heterocycles. The van der Waals surface area contributed by atoms with Gasteiger partial charge in [0.05, 0.1) is 32.7 Å². The summed E-state index contributed by atoms with van der Waals surface area (Å²) >= 11 is 12.2. The third-order valence-corrected chi connectivity index (χ3v) is 6.45. The van der Waals surface area contributed by atoms with Crippen LogP contribution in [0.4, 0.5) is 22.7 Å². The maximum atomic E-state index is 13.7. The van der Waals surface area contributed by atoms with Crippen molar-refractivity contribution in [2.24, 2.45) is 0 Å². The van der Waals surface area contributed by atoms with E-state index in [0.29, 0.717) is 22.8 Å². The SMILES string of the molecule is O=C(Nc1ccc(C(=O)N2c3ccccc3CNc3ccccc32)cc1)c1cccc(Cl)c1Cl. The van der Waals surface area contributed by atoms with Gasteiger partial charge in [0.15, 0.2) is 0 Å². The second kappa shape index (κ2) is 9.21. The third kappa shape index (κ3) is 4.12. The lowest BCUT2D eigenvalue weighted by molar-refractivity contribution is 0.0997. The molecule has 0 unspecified atom stereocenters. The van der Waals surface area contributed by atoms with Crippen molar-refractivity contribution in [3.05, 3.63) is 118 Å². The first-order valence-electron chi connectivity index (χ1n) is 10.6. The highest BCUT2D eigenvalue weighted by Gasteiger charge is 2.26. The van der Waals surface area contributed by atoms with E-state index in [2.05, 4.69) is 10.6 Å². The topological polar surface area (TPSA) is 61.4 Å². The molecule has 5 nitrogen and oxygen atoms in total. The van der Waals surface area contributed by atoms with Crippen molar-refractivity contribution >= 4 is 57.8 Å². The molecule has 2 amide bonds. The molecule has 5 rings (SSSR count). The van der Waals surface area contributed by atoms with E-state index in [-0.39, 0.29) is 22.4 Å². The van der Waals surface area contributed by atoms with Crippen LogP contribution in [-0.4, -0.2) is 11.8 Å². The molecule has 1 heterocycles. The molecule has 7 heteroatoms. The van der Waals surface area contributed by atoms with E-state index in [1.165, 1.54) is 0 Å². The zero-order valence-electron chi connectivity index (χ0n) is 17.9. The van der Waals surface area contributed by atoms with Crippen LogP contribution in [0.2, 0.25) is 10.0 Å². The van der Waals surface area contributed by atoms with Crippen LogP contribution in [0.1, 0.15) is 26.3 Å². The molecule has 34 heavy (non-hydrogen) atoms. The zero-order valence-corrected chi connectivity index (χ0v) is 19.4. The standard InChI is InChI=1S/C27H19Cl2N3O2/c28-21-8-5-7-20(25(21)29)26(33)31-19-14-12-17(13-15-19)27(34)32-23-10-3-1-6-18(23)16-30-22-9-2-4-11-24(22)32/h1-15,30H,16H2,(H,31,33). The van der Waals surface area contributed by atoms with Crippen LogP contribution in [0.15, 0.2) is 91.0 Å².